The SMILES string of the molecule is CCC1CCC2(CC1)OCC(C)(C)CO2. The molecule has 0 N–H and O–H groups in total. The van der Waals surface area contributed by atoms with Gasteiger partial charge in [-0.3, -0.25) is 0 Å². The van der Waals surface area contributed by atoms with E-state index in [9.17, 15) is 0 Å². The lowest BCUT2D eigenvalue weighted by Gasteiger charge is -2.46. The standard InChI is InChI=1S/C13H24O2/c1-4-11-5-7-13(8-6-11)14-9-12(2,3)10-15-13/h11H,4-10H2,1-3H3. The molecule has 0 radical (unpaired) electrons. The first kappa shape index (κ1) is 11.4. The summed E-state index contributed by atoms with van der Waals surface area (Å²) >= 11 is 0. The van der Waals surface area contributed by atoms with Crippen LogP contribution in [0.25, 0.3) is 0 Å². The van der Waals surface area contributed by atoms with E-state index in [-0.39, 0.29) is 11.2 Å². The molecule has 0 aromatic heterocycles. The van der Waals surface area contributed by atoms with Crippen LogP contribution < -0.4 is 0 Å². The molecule has 0 amide bonds. The van der Waals surface area contributed by atoms with Crippen molar-refractivity contribution in [1.29, 1.82) is 0 Å². The van der Waals surface area contributed by atoms with Crippen LogP contribution in [0.1, 0.15) is 52.9 Å². The average Bonchev–Trinajstić information content (AvgIpc) is 2.24. The van der Waals surface area contributed by atoms with E-state index >= 15 is 0 Å². The highest BCUT2D eigenvalue weighted by Gasteiger charge is 2.42. The van der Waals surface area contributed by atoms with Gasteiger partial charge in [0.15, 0.2) is 5.79 Å². The zero-order valence-electron chi connectivity index (χ0n) is 10.3. The molecule has 1 aliphatic carbocycles. The fraction of sp³-hybridized carbons (Fsp3) is 1.00. The summed E-state index contributed by atoms with van der Waals surface area (Å²) in [5, 5.41) is 0. The Morgan fingerprint density at radius 3 is 2.07 bits per heavy atom. The molecule has 0 atom stereocenters. The molecule has 0 unspecified atom stereocenters. The highest BCUT2D eigenvalue weighted by Crippen LogP contribution is 2.41. The first-order valence-electron chi connectivity index (χ1n) is 6.33. The third kappa shape index (κ3) is 2.54. The summed E-state index contributed by atoms with van der Waals surface area (Å²) in [6.45, 7) is 8.40. The van der Waals surface area contributed by atoms with Crippen molar-refractivity contribution in [3.8, 4) is 0 Å². The summed E-state index contributed by atoms with van der Waals surface area (Å²) < 4.78 is 12.0. The third-order valence-corrected chi connectivity index (χ3v) is 3.90. The van der Waals surface area contributed by atoms with Crippen LogP contribution in [0, 0.1) is 11.3 Å². The molecular weight excluding hydrogens is 188 g/mol. The van der Waals surface area contributed by atoms with Crippen molar-refractivity contribution in [1.82, 2.24) is 0 Å². The largest absolute Gasteiger partial charge is 0.349 e. The fourth-order valence-electron chi connectivity index (χ4n) is 2.55. The zero-order valence-corrected chi connectivity index (χ0v) is 10.3. The van der Waals surface area contributed by atoms with E-state index in [2.05, 4.69) is 20.8 Å². The van der Waals surface area contributed by atoms with Crippen molar-refractivity contribution in [2.24, 2.45) is 11.3 Å². The maximum atomic E-state index is 5.99. The van der Waals surface area contributed by atoms with E-state index in [1.165, 1.54) is 19.3 Å². The molecule has 1 aliphatic heterocycles. The molecule has 2 heteroatoms. The molecule has 2 nitrogen and oxygen atoms in total. The first-order chi connectivity index (χ1) is 7.05. The quantitative estimate of drug-likeness (QED) is 0.663. The minimum atomic E-state index is -0.207. The first-order valence-corrected chi connectivity index (χ1v) is 6.33. The van der Waals surface area contributed by atoms with Crippen LogP contribution in [0.4, 0.5) is 0 Å². The van der Waals surface area contributed by atoms with Gasteiger partial charge < -0.3 is 9.47 Å². The van der Waals surface area contributed by atoms with Crippen LogP contribution in [0.2, 0.25) is 0 Å². The third-order valence-electron chi connectivity index (χ3n) is 3.90. The van der Waals surface area contributed by atoms with Gasteiger partial charge >= 0.3 is 0 Å². The predicted molar refractivity (Wildman–Crippen MR) is 60.7 cm³/mol. The van der Waals surface area contributed by atoms with E-state index < -0.39 is 0 Å². The number of hydrogen-bond donors (Lipinski definition) is 0. The Hall–Kier alpha value is -0.0800. The normalized spacial score (nSPS) is 30.6. The van der Waals surface area contributed by atoms with Crippen molar-refractivity contribution >= 4 is 0 Å². The highest BCUT2D eigenvalue weighted by atomic mass is 16.7. The lowest BCUT2D eigenvalue weighted by molar-refractivity contribution is -0.312. The fourth-order valence-corrected chi connectivity index (χ4v) is 2.55. The molecule has 15 heavy (non-hydrogen) atoms. The van der Waals surface area contributed by atoms with Crippen molar-refractivity contribution < 1.29 is 9.47 Å². The van der Waals surface area contributed by atoms with Gasteiger partial charge in [-0.25, -0.2) is 0 Å². The average molecular weight is 212 g/mol. The van der Waals surface area contributed by atoms with E-state index in [0.717, 1.165) is 32.0 Å². The summed E-state index contributed by atoms with van der Waals surface area (Å²) in [4.78, 5) is 0. The summed E-state index contributed by atoms with van der Waals surface area (Å²) in [6, 6.07) is 0. The molecule has 0 bridgehead atoms. The van der Waals surface area contributed by atoms with Gasteiger partial charge in [0.05, 0.1) is 13.2 Å². The molecule has 1 saturated heterocycles. The minimum absolute atomic E-state index is 0.201. The second-order valence-corrected chi connectivity index (χ2v) is 6.00. The Kier molecular flexibility index (Phi) is 3.09. The summed E-state index contributed by atoms with van der Waals surface area (Å²) in [6.07, 6.45) is 6.05. The van der Waals surface area contributed by atoms with Crippen LogP contribution in [0.15, 0.2) is 0 Å². The molecule has 2 fully saturated rings. The van der Waals surface area contributed by atoms with Crippen LogP contribution in [-0.2, 0) is 9.47 Å². The van der Waals surface area contributed by atoms with Crippen LogP contribution in [0.5, 0.6) is 0 Å². The van der Waals surface area contributed by atoms with E-state index in [4.69, 9.17) is 9.47 Å². The monoisotopic (exact) mass is 212 g/mol. The molecule has 2 rings (SSSR count). The van der Waals surface area contributed by atoms with Gasteiger partial charge in [0.1, 0.15) is 0 Å². The number of hydrogen-bond acceptors (Lipinski definition) is 2. The second-order valence-electron chi connectivity index (χ2n) is 6.00. The molecule has 1 spiro atoms. The van der Waals surface area contributed by atoms with Crippen molar-refractivity contribution in [3.63, 3.8) is 0 Å². The predicted octanol–water partition coefficient (Wildman–Crippen LogP) is 3.36. The summed E-state index contributed by atoms with van der Waals surface area (Å²) in [5.74, 6) is 0.694. The van der Waals surface area contributed by atoms with Gasteiger partial charge in [-0.15, -0.1) is 0 Å². The van der Waals surface area contributed by atoms with Gasteiger partial charge in [0.25, 0.3) is 0 Å². The lowest BCUT2D eigenvalue weighted by atomic mass is 9.82. The second kappa shape index (κ2) is 4.06. The Balaban J connectivity index is 1.89. The smallest absolute Gasteiger partial charge is 0.168 e. The van der Waals surface area contributed by atoms with E-state index in [0.29, 0.717) is 0 Å². The van der Waals surface area contributed by atoms with E-state index in [1.54, 1.807) is 0 Å². The van der Waals surface area contributed by atoms with Gasteiger partial charge in [-0.05, 0) is 18.8 Å². The topological polar surface area (TPSA) is 18.5 Å². The minimum Gasteiger partial charge on any atom is -0.349 e. The molecule has 1 heterocycles. The molecule has 0 aromatic rings. The van der Waals surface area contributed by atoms with Crippen molar-refractivity contribution in [2.75, 3.05) is 13.2 Å². The van der Waals surface area contributed by atoms with Crippen molar-refractivity contribution in [3.05, 3.63) is 0 Å². The highest BCUT2D eigenvalue weighted by molar-refractivity contribution is 4.84. The molecular formula is C13H24O2. The molecule has 1 saturated carbocycles. The molecule has 88 valence electrons. The van der Waals surface area contributed by atoms with Crippen molar-refractivity contribution in [2.45, 2.75) is 58.7 Å². The summed E-state index contributed by atoms with van der Waals surface area (Å²) in [7, 11) is 0. The van der Waals surface area contributed by atoms with Gasteiger partial charge in [0.2, 0.25) is 0 Å². The van der Waals surface area contributed by atoms with Gasteiger partial charge in [-0.1, -0.05) is 27.2 Å². The Morgan fingerprint density at radius 2 is 1.60 bits per heavy atom. The Morgan fingerprint density at radius 1 is 1.07 bits per heavy atom. The van der Waals surface area contributed by atoms with Gasteiger partial charge in [-0.2, -0.15) is 0 Å². The maximum Gasteiger partial charge on any atom is 0.168 e. The summed E-state index contributed by atoms with van der Waals surface area (Å²) in [5.41, 5.74) is 0.201. The lowest BCUT2D eigenvalue weighted by Crippen LogP contribution is -2.49. The Bertz CT molecular complexity index is 203. The van der Waals surface area contributed by atoms with E-state index in [1.807, 2.05) is 0 Å². The zero-order chi connectivity index (χ0) is 10.9. The van der Waals surface area contributed by atoms with Crippen LogP contribution >= 0.6 is 0 Å². The number of rotatable bonds is 1. The molecule has 0 aromatic carbocycles. The number of ether oxygens (including phenoxy) is 2. The van der Waals surface area contributed by atoms with Crippen LogP contribution in [-0.4, -0.2) is 19.0 Å². The molecule has 2 aliphatic rings. The van der Waals surface area contributed by atoms with Crippen LogP contribution in [0.3, 0.4) is 0 Å². The Labute approximate surface area is 93.3 Å². The maximum absolute atomic E-state index is 5.99. The van der Waals surface area contributed by atoms with Gasteiger partial charge in [0, 0.05) is 18.3 Å².